The fourth-order valence-corrected chi connectivity index (χ4v) is 2.82. The summed E-state index contributed by atoms with van der Waals surface area (Å²) in [4.78, 5) is 18.4. The van der Waals surface area contributed by atoms with E-state index < -0.39 is 0 Å². The van der Waals surface area contributed by atoms with Crippen LogP contribution in [-0.4, -0.2) is 33.0 Å². The van der Waals surface area contributed by atoms with Crippen LogP contribution in [0.15, 0.2) is 30.5 Å². The van der Waals surface area contributed by atoms with Crippen molar-refractivity contribution < 1.29 is 9.53 Å². The van der Waals surface area contributed by atoms with Gasteiger partial charge in [0.2, 0.25) is 5.82 Å². The van der Waals surface area contributed by atoms with Crippen molar-refractivity contribution in [1.82, 2.24) is 14.5 Å². The Hall–Kier alpha value is -2.30. The van der Waals surface area contributed by atoms with Crippen molar-refractivity contribution in [2.75, 3.05) is 6.54 Å². The average Bonchev–Trinajstić information content (AvgIpc) is 3.16. The van der Waals surface area contributed by atoms with Gasteiger partial charge >= 0.3 is 0 Å². The Balaban J connectivity index is 1.59. The largest absolute Gasteiger partial charge is 0.490 e. The van der Waals surface area contributed by atoms with Gasteiger partial charge < -0.3 is 14.2 Å². The quantitative estimate of drug-likeness (QED) is 0.852. The summed E-state index contributed by atoms with van der Waals surface area (Å²) in [6.45, 7) is 3.45. The number of hydrogen-bond acceptors (Lipinski definition) is 3. The highest BCUT2D eigenvalue weighted by molar-refractivity contribution is 5.93. The number of aromatic nitrogens is 2. The van der Waals surface area contributed by atoms with Crippen LogP contribution in [0.3, 0.4) is 0 Å². The lowest BCUT2D eigenvalue weighted by Crippen LogP contribution is -2.25. The fraction of sp³-hybridized carbons (Fsp3) is 0.412. The summed E-state index contributed by atoms with van der Waals surface area (Å²) in [5.41, 5.74) is 2.05. The first kappa shape index (κ1) is 13.4. The van der Waals surface area contributed by atoms with Gasteiger partial charge in [-0.1, -0.05) is 6.92 Å². The van der Waals surface area contributed by atoms with E-state index >= 15 is 0 Å². The highest BCUT2D eigenvalue weighted by atomic mass is 16.5. The van der Waals surface area contributed by atoms with Gasteiger partial charge in [-0.05, 0) is 43.5 Å². The summed E-state index contributed by atoms with van der Waals surface area (Å²) in [7, 11) is 0. The molecule has 0 atom stereocenters. The molecule has 2 heterocycles. The first-order valence-corrected chi connectivity index (χ1v) is 7.88. The number of carbonyl (C=O) groups excluding carboxylic acids is 1. The van der Waals surface area contributed by atoms with E-state index in [1.54, 1.807) is 6.20 Å². The second-order valence-corrected chi connectivity index (χ2v) is 5.95. The number of fused-ring (bicyclic) bond motifs is 1. The van der Waals surface area contributed by atoms with Crippen LogP contribution in [0.2, 0.25) is 0 Å². The number of imidazole rings is 1. The molecule has 0 saturated heterocycles. The first-order chi connectivity index (χ1) is 10.8. The van der Waals surface area contributed by atoms with Gasteiger partial charge in [0.25, 0.3) is 5.91 Å². The summed E-state index contributed by atoms with van der Waals surface area (Å²) in [5, 5.41) is 0. The number of ether oxygens (including phenoxy) is 1. The van der Waals surface area contributed by atoms with Crippen LogP contribution in [0.4, 0.5) is 0 Å². The van der Waals surface area contributed by atoms with Crippen LogP contribution in [0, 0.1) is 0 Å². The molecule has 1 amide bonds. The summed E-state index contributed by atoms with van der Waals surface area (Å²) in [5.74, 6) is 1.49. The molecule has 1 saturated carbocycles. The number of rotatable bonds is 5. The molecule has 0 unspecified atom stereocenters. The molecule has 2 aromatic rings. The van der Waals surface area contributed by atoms with Gasteiger partial charge in [0.05, 0.1) is 24.7 Å². The van der Waals surface area contributed by atoms with Gasteiger partial charge in [-0.25, -0.2) is 4.98 Å². The zero-order chi connectivity index (χ0) is 15.1. The van der Waals surface area contributed by atoms with Crippen LogP contribution < -0.4 is 4.74 Å². The highest BCUT2D eigenvalue weighted by Crippen LogP contribution is 2.30. The standard InChI is InChI=1S/C17H19N3O2/c1-2-9-19-11-20-15(10-18-16(20)17(19)21)12-3-5-13(6-4-12)22-14-7-8-14/h3-6,10,14H,2,7-9,11H2,1H3. The van der Waals surface area contributed by atoms with Crippen molar-refractivity contribution >= 4 is 5.91 Å². The van der Waals surface area contributed by atoms with Gasteiger partial charge in [-0.2, -0.15) is 0 Å². The predicted molar refractivity (Wildman–Crippen MR) is 82.6 cm³/mol. The number of carbonyl (C=O) groups is 1. The Kier molecular flexibility index (Phi) is 3.13. The molecule has 2 aliphatic rings. The summed E-state index contributed by atoms with van der Waals surface area (Å²) in [6.07, 6.45) is 5.47. The molecule has 0 bridgehead atoms. The third kappa shape index (κ3) is 2.26. The lowest BCUT2D eigenvalue weighted by molar-refractivity contribution is 0.0766. The van der Waals surface area contributed by atoms with E-state index in [2.05, 4.69) is 11.9 Å². The van der Waals surface area contributed by atoms with Gasteiger partial charge in [-0.3, -0.25) is 4.79 Å². The second kappa shape index (κ2) is 5.16. The van der Waals surface area contributed by atoms with E-state index in [4.69, 9.17) is 4.74 Å². The maximum Gasteiger partial charge on any atom is 0.291 e. The Morgan fingerprint density at radius 3 is 2.73 bits per heavy atom. The molecule has 1 aliphatic carbocycles. The minimum atomic E-state index is 0.0294. The predicted octanol–water partition coefficient (Wildman–Crippen LogP) is 2.91. The molecule has 0 spiro atoms. The molecule has 5 heteroatoms. The molecular formula is C17H19N3O2. The van der Waals surface area contributed by atoms with E-state index in [0.717, 1.165) is 42.8 Å². The van der Waals surface area contributed by atoms with Crippen molar-refractivity contribution in [2.45, 2.75) is 39.0 Å². The van der Waals surface area contributed by atoms with E-state index in [9.17, 15) is 4.79 Å². The molecule has 1 aromatic carbocycles. The summed E-state index contributed by atoms with van der Waals surface area (Å²) in [6, 6.07) is 8.06. The number of amides is 1. The molecule has 5 nitrogen and oxygen atoms in total. The third-order valence-corrected chi connectivity index (χ3v) is 4.12. The maximum atomic E-state index is 12.2. The van der Waals surface area contributed by atoms with Gasteiger partial charge in [0.15, 0.2) is 0 Å². The van der Waals surface area contributed by atoms with Gasteiger partial charge in [-0.15, -0.1) is 0 Å². The minimum Gasteiger partial charge on any atom is -0.490 e. The van der Waals surface area contributed by atoms with Crippen molar-refractivity contribution in [3.63, 3.8) is 0 Å². The molecule has 114 valence electrons. The number of benzene rings is 1. The minimum absolute atomic E-state index is 0.0294. The molecule has 22 heavy (non-hydrogen) atoms. The van der Waals surface area contributed by atoms with Crippen molar-refractivity contribution in [2.24, 2.45) is 0 Å². The molecular weight excluding hydrogens is 278 g/mol. The van der Waals surface area contributed by atoms with Gasteiger partial charge in [0, 0.05) is 12.1 Å². The van der Waals surface area contributed by atoms with Crippen LogP contribution in [-0.2, 0) is 6.67 Å². The summed E-state index contributed by atoms with van der Waals surface area (Å²) < 4.78 is 7.77. The maximum absolute atomic E-state index is 12.2. The van der Waals surface area contributed by atoms with Crippen molar-refractivity contribution in [1.29, 1.82) is 0 Å². The smallest absolute Gasteiger partial charge is 0.291 e. The molecule has 1 aromatic heterocycles. The molecule has 1 fully saturated rings. The van der Waals surface area contributed by atoms with Crippen molar-refractivity contribution in [3.8, 4) is 17.0 Å². The van der Waals surface area contributed by atoms with Gasteiger partial charge in [0.1, 0.15) is 5.75 Å². The van der Waals surface area contributed by atoms with Crippen molar-refractivity contribution in [3.05, 3.63) is 36.3 Å². The van der Waals surface area contributed by atoms with E-state index in [1.807, 2.05) is 33.7 Å². The Bertz CT molecular complexity index is 701. The first-order valence-electron chi connectivity index (χ1n) is 7.88. The van der Waals surface area contributed by atoms with Crippen LogP contribution in [0.5, 0.6) is 5.75 Å². The molecule has 4 rings (SSSR count). The molecule has 0 N–H and O–H groups in total. The van der Waals surface area contributed by atoms with E-state index in [-0.39, 0.29) is 5.91 Å². The second-order valence-electron chi connectivity index (χ2n) is 5.95. The van der Waals surface area contributed by atoms with E-state index in [1.165, 1.54) is 0 Å². The average molecular weight is 297 g/mol. The monoisotopic (exact) mass is 297 g/mol. The van der Waals surface area contributed by atoms with Crippen LogP contribution >= 0.6 is 0 Å². The highest BCUT2D eigenvalue weighted by Gasteiger charge is 2.30. The fourth-order valence-electron chi connectivity index (χ4n) is 2.82. The number of nitrogens with zero attached hydrogens (tertiary/aromatic N) is 3. The third-order valence-electron chi connectivity index (χ3n) is 4.12. The Morgan fingerprint density at radius 2 is 2.05 bits per heavy atom. The normalized spacial score (nSPS) is 17.0. The zero-order valence-corrected chi connectivity index (χ0v) is 12.7. The Morgan fingerprint density at radius 1 is 1.27 bits per heavy atom. The Labute approximate surface area is 129 Å². The molecule has 0 radical (unpaired) electrons. The topological polar surface area (TPSA) is 47.4 Å². The van der Waals surface area contributed by atoms with Crippen LogP contribution in [0.1, 0.15) is 36.8 Å². The number of hydrogen-bond donors (Lipinski definition) is 0. The zero-order valence-electron chi connectivity index (χ0n) is 12.7. The van der Waals surface area contributed by atoms with Crippen LogP contribution in [0.25, 0.3) is 11.3 Å². The summed E-state index contributed by atoms with van der Waals surface area (Å²) >= 11 is 0. The molecule has 1 aliphatic heterocycles. The lowest BCUT2D eigenvalue weighted by Gasteiger charge is -2.14. The van der Waals surface area contributed by atoms with E-state index in [0.29, 0.717) is 18.6 Å². The SMILES string of the molecule is CCCN1Cn2c(-c3ccc(OC4CC4)cc3)cnc2C1=O. The lowest BCUT2D eigenvalue weighted by atomic mass is 10.1.